The molecular formula is C10H16N2O2. The number of carbonyl (C=O) groups excluding carboxylic acids is 1. The second-order valence-electron chi connectivity index (χ2n) is 4.19. The Bertz CT molecular complexity index is 278. The van der Waals surface area contributed by atoms with E-state index < -0.39 is 11.0 Å². The zero-order chi connectivity index (χ0) is 10.8. The molecule has 1 aliphatic rings. The Morgan fingerprint density at radius 1 is 1.71 bits per heavy atom. The number of hydrogen-bond acceptors (Lipinski definition) is 3. The van der Waals surface area contributed by atoms with E-state index >= 15 is 0 Å². The summed E-state index contributed by atoms with van der Waals surface area (Å²) in [6.45, 7) is 3.39. The van der Waals surface area contributed by atoms with E-state index in [0.29, 0.717) is 6.42 Å². The number of nitriles is 1. The summed E-state index contributed by atoms with van der Waals surface area (Å²) in [6.07, 6.45) is 2.10. The van der Waals surface area contributed by atoms with E-state index in [1.54, 1.807) is 13.8 Å². The van der Waals surface area contributed by atoms with Gasteiger partial charge in [0.25, 0.3) is 0 Å². The molecule has 0 saturated heterocycles. The van der Waals surface area contributed by atoms with E-state index in [9.17, 15) is 4.79 Å². The molecule has 14 heavy (non-hydrogen) atoms. The predicted molar refractivity (Wildman–Crippen MR) is 51.2 cm³/mol. The lowest BCUT2D eigenvalue weighted by atomic mass is 9.88. The van der Waals surface area contributed by atoms with Crippen LogP contribution in [0.25, 0.3) is 0 Å². The van der Waals surface area contributed by atoms with Gasteiger partial charge in [0.1, 0.15) is 5.41 Å². The molecule has 4 nitrogen and oxygen atoms in total. The number of aliphatic hydroxyl groups excluding tert-OH is 1. The van der Waals surface area contributed by atoms with E-state index in [2.05, 4.69) is 5.32 Å². The Hall–Kier alpha value is -1.08. The average Bonchev–Trinajstić information content (AvgIpc) is 2.97. The first-order chi connectivity index (χ1) is 6.52. The molecule has 1 rings (SSSR count). The van der Waals surface area contributed by atoms with Crippen molar-refractivity contribution in [3.63, 3.8) is 0 Å². The number of nitrogens with one attached hydrogen (secondary N) is 1. The van der Waals surface area contributed by atoms with Crippen molar-refractivity contribution in [1.82, 2.24) is 5.32 Å². The van der Waals surface area contributed by atoms with Crippen LogP contribution < -0.4 is 5.32 Å². The minimum atomic E-state index is -0.967. The number of amides is 1. The summed E-state index contributed by atoms with van der Waals surface area (Å²) < 4.78 is 0. The van der Waals surface area contributed by atoms with Gasteiger partial charge in [-0.2, -0.15) is 5.26 Å². The molecule has 1 atom stereocenters. The fraction of sp³-hybridized carbons (Fsp3) is 0.800. The largest absolute Gasteiger partial charge is 0.394 e. The number of carbonyl (C=O) groups is 1. The summed E-state index contributed by atoms with van der Waals surface area (Å²) in [5.41, 5.74) is -1.39. The maximum absolute atomic E-state index is 11.7. The van der Waals surface area contributed by atoms with Gasteiger partial charge in [-0.1, -0.05) is 6.92 Å². The van der Waals surface area contributed by atoms with Crippen LogP contribution in [0.5, 0.6) is 0 Å². The predicted octanol–water partition coefficient (Wildman–Crippen LogP) is 0.567. The summed E-state index contributed by atoms with van der Waals surface area (Å²) in [7, 11) is 0. The SMILES string of the molecule is CCC(C)(C#N)C(=O)NC1(CO)CC1. The van der Waals surface area contributed by atoms with Crippen LogP contribution in [0.4, 0.5) is 0 Å². The van der Waals surface area contributed by atoms with E-state index in [4.69, 9.17) is 10.4 Å². The molecule has 2 N–H and O–H groups in total. The molecule has 78 valence electrons. The molecule has 0 aromatic rings. The lowest BCUT2D eigenvalue weighted by Gasteiger charge is -2.22. The van der Waals surface area contributed by atoms with Crippen molar-refractivity contribution in [1.29, 1.82) is 5.26 Å². The summed E-state index contributed by atoms with van der Waals surface area (Å²) >= 11 is 0. The molecule has 1 aliphatic carbocycles. The molecule has 0 aliphatic heterocycles. The van der Waals surface area contributed by atoms with E-state index in [1.165, 1.54) is 0 Å². The summed E-state index contributed by atoms with van der Waals surface area (Å²) in [5, 5.41) is 20.6. The van der Waals surface area contributed by atoms with Gasteiger partial charge in [-0.25, -0.2) is 0 Å². The minimum absolute atomic E-state index is 0.0377. The van der Waals surface area contributed by atoms with E-state index in [-0.39, 0.29) is 12.5 Å². The average molecular weight is 196 g/mol. The number of hydrogen-bond donors (Lipinski definition) is 2. The zero-order valence-electron chi connectivity index (χ0n) is 8.63. The van der Waals surface area contributed by atoms with Gasteiger partial charge in [-0.05, 0) is 26.2 Å². The number of rotatable bonds is 4. The molecule has 0 spiro atoms. The highest BCUT2D eigenvalue weighted by Crippen LogP contribution is 2.36. The number of nitrogens with zero attached hydrogens (tertiary/aromatic N) is 1. The Morgan fingerprint density at radius 2 is 2.29 bits per heavy atom. The minimum Gasteiger partial charge on any atom is -0.394 e. The quantitative estimate of drug-likeness (QED) is 0.690. The van der Waals surface area contributed by atoms with Gasteiger partial charge in [0, 0.05) is 0 Å². The summed E-state index contributed by atoms with van der Waals surface area (Å²) in [4.78, 5) is 11.7. The van der Waals surface area contributed by atoms with Gasteiger partial charge in [0.15, 0.2) is 0 Å². The van der Waals surface area contributed by atoms with Crippen LogP contribution in [-0.2, 0) is 4.79 Å². The van der Waals surface area contributed by atoms with Crippen LogP contribution in [0.2, 0.25) is 0 Å². The van der Waals surface area contributed by atoms with Crippen molar-refractivity contribution >= 4 is 5.91 Å². The molecule has 4 heteroatoms. The molecule has 0 bridgehead atoms. The third-order valence-electron chi connectivity index (χ3n) is 2.99. The molecule has 0 heterocycles. The molecule has 1 amide bonds. The van der Waals surface area contributed by atoms with Crippen molar-refractivity contribution in [2.75, 3.05) is 6.61 Å². The normalized spacial score (nSPS) is 21.9. The van der Waals surface area contributed by atoms with Gasteiger partial charge in [-0.15, -0.1) is 0 Å². The molecule has 0 aromatic carbocycles. The fourth-order valence-electron chi connectivity index (χ4n) is 1.14. The summed E-state index contributed by atoms with van der Waals surface area (Å²) in [6, 6.07) is 2.01. The second kappa shape index (κ2) is 3.58. The first-order valence-corrected chi connectivity index (χ1v) is 4.87. The maximum atomic E-state index is 11.7. The fourth-order valence-corrected chi connectivity index (χ4v) is 1.14. The van der Waals surface area contributed by atoms with Crippen LogP contribution in [0, 0.1) is 16.7 Å². The highest BCUT2D eigenvalue weighted by Gasteiger charge is 2.46. The third kappa shape index (κ3) is 1.88. The van der Waals surface area contributed by atoms with Crippen molar-refractivity contribution < 1.29 is 9.90 Å². The topological polar surface area (TPSA) is 73.1 Å². The lowest BCUT2D eigenvalue weighted by Crippen LogP contribution is -2.46. The molecule has 1 saturated carbocycles. The third-order valence-corrected chi connectivity index (χ3v) is 2.99. The first kappa shape index (κ1) is 11.0. The van der Waals surface area contributed by atoms with Crippen LogP contribution in [0.1, 0.15) is 33.1 Å². The summed E-state index contributed by atoms with van der Waals surface area (Å²) in [5.74, 6) is -0.269. The van der Waals surface area contributed by atoms with Gasteiger partial charge < -0.3 is 10.4 Å². The Morgan fingerprint density at radius 3 is 2.57 bits per heavy atom. The van der Waals surface area contributed by atoms with Crippen LogP contribution in [0.3, 0.4) is 0 Å². The van der Waals surface area contributed by atoms with Crippen LogP contribution in [0.15, 0.2) is 0 Å². The second-order valence-corrected chi connectivity index (χ2v) is 4.19. The lowest BCUT2D eigenvalue weighted by molar-refractivity contribution is -0.129. The highest BCUT2D eigenvalue weighted by atomic mass is 16.3. The van der Waals surface area contributed by atoms with Crippen molar-refractivity contribution in [3.8, 4) is 6.07 Å². The highest BCUT2D eigenvalue weighted by molar-refractivity contribution is 5.85. The van der Waals surface area contributed by atoms with Gasteiger partial charge in [0.2, 0.25) is 5.91 Å². The Kier molecular flexibility index (Phi) is 2.81. The van der Waals surface area contributed by atoms with Gasteiger partial charge in [-0.3, -0.25) is 4.79 Å². The monoisotopic (exact) mass is 196 g/mol. The first-order valence-electron chi connectivity index (χ1n) is 4.87. The van der Waals surface area contributed by atoms with Crippen LogP contribution in [-0.4, -0.2) is 23.2 Å². The Labute approximate surface area is 83.9 Å². The molecular weight excluding hydrogens is 180 g/mol. The molecule has 0 aromatic heterocycles. The van der Waals surface area contributed by atoms with Crippen LogP contribution >= 0.6 is 0 Å². The smallest absolute Gasteiger partial charge is 0.240 e. The standard InChI is InChI=1S/C10H16N2O2/c1-3-9(2,6-11)8(14)12-10(7-13)4-5-10/h13H,3-5,7H2,1-2H3,(H,12,14). The van der Waals surface area contributed by atoms with E-state index in [1.807, 2.05) is 6.07 Å². The van der Waals surface area contributed by atoms with Gasteiger partial charge in [0.05, 0.1) is 18.2 Å². The maximum Gasteiger partial charge on any atom is 0.240 e. The molecule has 0 radical (unpaired) electrons. The zero-order valence-corrected chi connectivity index (χ0v) is 8.63. The van der Waals surface area contributed by atoms with Crippen molar-refractivity contribution in [2.45, 2.75) is 38.6 Å². The number of aliphatic hydroxyl groups is 1. The van der Waals surface area contributed by atoms with E-state index in [0.717, 1.165) is 12.8 Å². The Balaban J connectivity index is 2.62. The van der Waals surface area contributed by atoms with Crippen molar-refractivity contribution in [3.05, 3.63) is 0 Å². The molecule has 1 fully saturated rings. The van der Waals surface area contributed by atoms with Gasteiger partial charge >= 0.3 is 0 Å². The van der Waals surface area contributed by atoms with Crippen molar-refractivity contribution in [2.24, 2.45) is 5.41 Å². The molecule has 1 unspecified atom stereocenters.